The zero-order valence-electron chi connectivity index (χ0n) is 10.0. The first kappa shape index (κ1) is 12.6. The molecule has 0 saturated heterocycles. The van der Waals surface area contributed by atoms with Crippen molar-refractivity contribution in [2.24, 2.45) is 0 Å². The molecule has 0 aliphatic rings. The van der Waals surface area contributed by atoms with Crippen molar-refractivity contribution < 1.29 is 0 Å². The first-order chi connectivity index (χ1) is 8.69. The summed E-state index contributed by atoms with van der Waals surface area (Å²) in [5.74, 6) is 0. The van der Waals surface area contributed by atoms with Crippen LogP contribution < -0.4 is 0 Å². The molecule has 0 aliphatic carbocycles. The molecule has 2 heterocycles. The number of nitrogens with zero attached hydrogens (tertiary/aromatic N) is 2. The van der Waals surface area contributed by atoms with Crippen LogP contribution in [-0.4, -0.2) is 0 Å². The van der Waals surface area contributed by atoms with Gasteiger partial charge < -0.3 is 0 Å². The molecule has 0 radical (unpaired) electrons. The van der Waals surface area contributed by atoms with E-state index in [9.17, 15) is 5.26 Å². The average molecular weight is 270 g/mol. The summed E-state index contributed by atoms with van der Waals surface area (Å²) in [6, 6.07) is 6.01. The van der Waals surface area contributed by atoms with Gasteiger partial charge >= 0.3 is 0 Å². The van der Waals surface area contributed by atoms with Crippen molar-refractivity contribution >= 4 is 33.9 Å². The van der Waals surface area contributed by atoms with Gasteiger partial charge in [-0.15, -0.1) is 22.7 Å². The molecule has 0 unspecified atom stereocenters. The van der Waals surface area contributed by atoms with Crippen LogP contribution in [0.25, 0.3) is 16.1 Å². The van der Waals surface area contributed by atoms with Gasteiger partial charge in [-0.25, -0.2) is 4.85 Å². The molecular formula is C14H10N2S2. The molecule has 2 rings (SSSR count). The molecule has 0 fully saturated rings. The van der Waals surface area contributed by atoms with Gasteiger partial charge in [0.15, 0.2) is 0 Å². The zero-order chi connectivity index (χ0) is 13.1. The van der Waals surface area contributed by atoms with E-state index in [-0.39, 0.29) is 0 Å². The molecule has 4 heteroatoms. The number of aryl methyl sites for hydroxylation is 2. The maximum Gasteiger partial charge on any atom is 0.213 e. The third kappa shape index (κ3) is 2.09. The second-order valence-corrected chi connectivity index (χ2v) is 5.97. The Balaban J connectivity index is 2.71. The molecule has 0 amide bonds. The second-order valence-electron chi connectivity index (χ2n) is 3.73. The van der Waals surface area contributed by atoms with Gasteiger partial charge in [-0.3, -0.25) is 0 Å². The van der Waals surface area contributed by atoms with Crippen LogP contribution in [0, 0.1) is 31.8 Å². The lowest BCUT2D eigenvalue weighted by molar-refractivity contribution is 1.50. The highest BCUT2D eigenvalue weighted by atomic mass is 32.1. The Hall–Kier alpha value is -1.88. The van der Waals surface area contributed by atoms with Crippen LogP contribution in [-0.2, 0) is 0 Å². The quantitative estimate of drug-likeness (QED) is 0.572. The summed E-state index contributed by atoms with van der Waals surface area (Å²) < 4.78 is 0. The van der Waals surface area contributed by atoms with Gasteiger partial charge in [0.25, 0.3) is 0 Å². The van der Waals surface area contributed by atoms with Crippen LogP contribution in [0.15, 0.2) is 22.9 Å². The van der Waals surface area contributed by atoms with E-state index in [4.69, 9.17) is 6.57 Å². The molecule has 0 aromatic carbocycles. The normalized spacial score (nSPS) is 11.6. The molecule has 0 aliphatic heterocycles. The van der Waals surface area contributed by atoms with E-state index in [1.807, 2.05) is 36.7 Å². The molecule has 2 nitrogen and oxygen atoms in total. The summed E-state index contributed by atoms with van der Waals surface area (Å²) in [5.41, 5.74) is 2.68. The average Bonchev–Trinajstić information content (AvgIpc) is 2.95. The maximum absolute atomic E-state index is 9.37. The molecular weight excluding hydrogens is 260 g/mol. The third-order valence-corrected chi connectivity index (χ3v) is 4.39. The number of rotatable bonds is 2. The summed E-state index contributed by atoms with van der Waals surface area (Å²) in [6.45, 7) is 11.3. The predicted molar refractivity (Wildman–Crippen MR) is 77.1 cm³/mol. The van der Waals surface area contributed by atoms with Crippen molar-refractivity contribution in [3.63, 3.8) is 0 Å². The summed E-state index contributed by atoms with van der Waals surface area (Å²) in [6.07, 6.45) is 0. The standard InChI is InChI=1S/C14H10N2S2/c1-9-11(4-6-17-9)13(8-15)14(16-3)12-5-7-18-10(12)2/h4-7H,1-2H3/b14-13+. The largest absolute Gasteiger partial charge is 0.236 e. The van der Waals surface area contributed by atoms with Gasteiger partial charge in [-0.2, -0.15) is 5.26 Å². The lowest BCUT2D eigenvalue weighted by atomic mass is 10.0. The van der Waals surface area contributed by atoms with E-state index in [2.05, 4.69) is 10.9 Å². The number of allylic oxidation sites excluding steroid dienone is 1. The molecule has 0 atom stereocenters. The van der Waals surface area contributed by atoms with Crippen molar-refractivity contribution in [2.45, 2.75) is 13.8 Å². The Morgan fingerprint density at radius 2 is 1.72 bits per heavy atom. The van der Waals surface area contributed by atoms with E-state index in [1.165, 1.54) is 0 Å². The Bertz CT molecular complexity index is 630. The van der Waals surface area contributed by atoms with Crippen molar-refractivity contribution in [1.29, 1.82) is 5.26 Å². The van der Waals surface area contributed by atoms with Gasteiger partial charge in [-0.05, 0) is 46.7 Å². The summed E-state index contributed by atoms with van der Waals surface area (Å²) in [5, 5.41) is 13.3. The molecule has 0 spiro atoms. The number of thiophene rings is 2. The SMILES string of the molecule is [C-]#[N+]/C(=C(\C#N)c1ccsc1C)c1ccsc1C. The lowest BCUT2D eigenvalue weighted by Crippen LogP contribution is -1.87. The summed E-state index contributed by atoms with van der Waals surface area (Å²) in [7, 11) is 0. The molecule has 0 N–H and O–H groups in total. The fourth-order valence-electron chi connectivity index (χ4n) is 1.77. The highest BCUT2D eigenvalue weighted by Gasteiger charge is 2.16. The molecule has 18 heavy (non-hydrogen) atoms. The molecule has 88 valence electrons. The van der Waals surface area contributed by atoms with Crippen LogP contribution in [0.1, 0.15) is 20.9 Å². The summed E-state index contributed by atoms with van der Waals surface area (Å²) in [4.78, 5) is 5.72. The van der Waals surface area contributed by atoms with Crippen LogP contribution >= 0.6 is 22.7 Å². The van der Waals surface area contributed by atoms with Crippen LogP contribution in [0.2, 0.25) is 0 Å². The van der Waals surface area contributed by atoms with E-state index in [0.29, 0.717) is 11.3 Å². The van der Waals surface area contributed by atoms with Crippen LogP contribution in [0.4, 0.5) is 0 Å². The molecule has 0 saturated carbocycles. The Morgan fingerprint density at radius 1 is 1.17 bits per heavy atom. The smallest absolute Gasteiger partial charge is 0.213 e. The van der Waals surface area contributed by atoms with Crippen molar-refractivity contribution in [1.82, 2.24) is 0 Å². The first-order valence-electron chi connectivity index (χ1n) is 5.29. The number of hydrogen-bond acceptors (Lipinski definition) is 3. The first-order valence-corrected chi connectivity index (χ1v) is 7.05. The van der Waals surface area contributed by atoms with Crippen molar-refractivity contribution in [2.75, 3.05) is 0 Å². The van der Waals surface area contributed by atoms with Crippen molar-refractivity contribution in [3.8, 4) is 6.07 Å². The van der Waals surface area contributed by atoms with Gasteiger partial charge in [0.2, 0.25) is 5.70 Å². The number of nitriles is 1. The third-order valence-electron chi connectivity index (χ3n) is 2.70. The minimum Gasteiger partial charge on any atom is -0.236 e. The zero-order valence-corrected chi connectivity index (χ0v) is 11.7. The fraction of sp³-hybridized carbons (Fsp3) is 0.143. The molecule has 2 aromatic rings. The maximum atomic E-state index is 9.37. The van der Waals surface area contributed by atoms with Gasteiger partial charge in [0, 0.05) is 4.88 Å². The number of hydrogen-bond donors (Lipinski definition) is 0. The van der Waals surface area contributed by atoms with Crippen LogP contribution in [0.3, 0.4) is 0 Å². The lowest BCUT2D eigenvalue weighted by Gasteiger charge is -2.03. The minimum absolute atomic E-state index is 0.456. The van der Waals surface area contributed by atoms with Gasteiger partial charge in [0.1, 0.15) is 0 Å². The highest BCUT2D eigenvalue weighted by molar-refractivity contribution is 7.10. The highest BCUT2D eigenvalue weighted by Crippen LogP contribution is 2.33. The van der Waals surface area contributed by atoms with Crippen molar-refractivity contribution in [3.05, 3.63) is 55.2 Å². The topological polar surface area (TPSA) is 28.1 Å². The van der Waals surface area contributed by atoms with E-state index >= 15 is 0 Å². The van der Waals surface area contributed by atoms with E-state index in [0.717, 1.165) is 20.9 Å². The fourth-order valence-corrected chi connectivity index (χ4v) is 3.17. The second kappa shape index (κ2) is 5.18. The Labute approximate surface area is 114 Å². The Morgan fingerprint density at radius 3 is 2.11 bits per heavy atom. The van der Waals surface area contributed by atoms with E-state index < -0.39 is 0 Å². The molecule has 2 aromatic heterocycles. The summed E-state index contributed by atoms with van der Waals surface area (Å²) >= 11 is 3.19. The monoisotopic (exact) mass is 270 g/mol. The van der Waals surface area contributed by atoms with Crippen LogP contribution in [0.5, 0.6) is 0 Å². The Kier molecular flexibility index (Phi) is 3.62. The van der Waals surface area contributed by atoms with Gasteiger partial charge in [-0.1, -0.05) is 6.07 Å². The molecule has 0 bridgehead atoms. The van der Waals surface area contributed by atoms with Gasteiger partial charge in [0.05, 0.1) is 18.2 Å². The minimum atomic E-state index is 0.456. The van der Waals surface area contributed by atoms with E-state index in [1.54, 1.807) is 22.7 Å². The predicted octanol–water partition coefficient (Wildman–Crippen LogP) is 4.74.